The maximum atomic E-state index is 13.0. The summed E-state index contributed by atoms with van der Waals surface area (Å²) in [6.07, 6.45) is 1.79. The molecule has 0 aromatic heterocycles. The van der Waals surface area contributed by atoms with Crippen LogP contribution in [0.5, 0.6) is 5.75 Å². The van der Waals surface area contributed by atoms with Crippen LogP contribution >= 0.6 is 0 Å². The highest BCUT2D eigenvalue weighted by Gasteiger charge is 2.30. The summed E-state index contributed by atoms with van der Waals surface area (Å²) in [5.74, 6) is 0.434. The molecule has 0 aliphatic carbocycles. The number of hydrogen-bond acceptors (Lipinski definition) is 4. The first-order valence-electron chi connectivity index (χ1n) is 9.59. The summed E-state index contributed by atoms with van der Waals surface area (Å²) < 4.78 is 31.4. The largest absolute Gasteiger partial charge is 0.496 e. The Morgan fingerprint density at radius 1 is 1.17 bits per heavy atom. The Balaban J connectivity index is 2.29. The maximum Gasteiger partial charge on any atom is 0.244 e. The fourth-order valence-corrected chi connectivity index (χ4v) is 4.57. The number of aryl methyl sites for hydroxylation is 2. The lowest BCUT2D eigenvalue weighted by molar-refractivity contribution is -0.122. The van der Waals surface area contributed by atoms with Crippen molar-refractivity contribution in [2.45, 2.75) is 46.2 Å². The number of hydrogen-bond donors (Lipinski definition) is 1. The Hall–Kier alpha value is -2.54. The van der Waals surface area contributed by atoms with Crippen LogP contribution in [0.4, 0.5) is 5.69 Å². The molecule has 1 amide bonds. The van der Waals surface area contributed by atoms with E-state index in [0.29, 0.717) is 12.1 Å². The second-order valence-corrected chi connectivity index (χ2v) is 9.13. The summed E-state index contributed by atoms with van der Waals surface area (Å²) in [7, 11) is -2.03. The molecule has 0 aliphatic rings. The van der Waals surface area contributed by atoms with E-state index in [1.807, 2.05) is 45.0 Å². The molecule has 0 aliphatic heterocycles. The van der Waals surface area contributed by atoms with Gasteiger partial charge in [-0.05, 0) is 62.1 Å². The zero-order chi connectivity index (χ0) is 21.8. The van der Waals surface area contributed by atoms with E-state index in [-0.39, 0.29) is 11.9 Å². The molecule has 7 heteroatoms. The SMILES string of the molecule is CC[C@@H](NC(=O)[C@@H](C)N(c1cccc(C)c1)S(C)(=O)=O)c1ccc(OC)c(C)c1. The molecule has 158 valence electrons. The summed E-state index contributed by atoms with van der Waals surface area (Å²) in [6.45, 7) is 7.41. The van der Waals surface area contributed by atoms with Gasteiger partial charge in [0.1, 0.15) is 11.8 Å². The van der Waals surface area contributed by atoms with Gasteiger partial charge in [0.2, 0.25) is 15.9 Å². The molecule has 2 atom stereocenters. The number of amides is 1. The lowest BCUT2D eigenvalue weighted by Crippen LogP contribution is -2.48. The minimum Gasteiger partial charge on any atom is -0.496 e. The van der Waals surface area contributed by atoms with Gasteiger partial charge in [0, 0.05) is 0 Å². The molecule has 2 rings (SSSR count). The van der Waals surface area contributed by atoms with Crippen molar-refractivity contribution in [3.05, 3.63) is 59.2 Å². The molecule has 0 saturated heterocycles. The highest BCUT2D eigenvalue weighted by Crippen LogP contribution is 2.26. The minimum absolute atomic E-state index is 0.228. The van der Waals surface area contributed by atoms with Crippen LogP contribution < -0.4 is 14.4 Å². The van der Waals surface area contributed by atoms with Gasteiger partial charge in [-0.3, -0.25) is 9.10 Å². The predicted octanol–water partition coefficient (Wildman–Crippen LogP) is 3.73. The van der Waals surface area contributed by atoms with Crippen LogP contribution in [0.2, 0.25) is 0 Å². The average Bonchev–Trinajstić information content (AvgIpc) is 2.64. The highest BCUT2D eigenvalue weighted by molar-refractivity contribution is 7.92. The van der Waals surface area contributed by atoms with Crippen molar-refractivity contribution in [3.8, 4) is 5.75 Å². The summed E-state index contributed by atoms with van der Waals surface area (Å²) in [5, 5.41) is 3.00. The van der Waals surface area contributed by atoms with Gasteiger partial charge in [0.05, 0.1) is 25.1 Å². The van der Waals surface area contributed by atoms with Crippen molar-refractivity contribution in [1.29, 1.82) is 0 Å². The number of carbonyl (C=O) groups is 1. The number of ether oxygens (including phenoxy) is 1. The second kappa shape index (κ2) is 9.31. The van der Waals surface area contributed by atoms with E-state index in [4.69, 9.17) is 4.74 Å². The first kappa shape index (κ1) is 22.7. The third kappa shape index (κ3) is 5.50. The van der Waals surface area contributed by atoms with Gasteiger partial charge in [-0.25, -0.2) is 8.42 Å². The Morgan fingerprint density at radius 2 is 1.86 bits per heavy atom. The lowest BCUT2D eigenvalue weighted by atomic mass is 10.0. The Labute approximate surface area is 173 Å². The molecule has 6 nitrogen and oxygen atoms in total. The van der Waals surface area contributed by atoms with E-state index in [2.05, 4.69) is 5.32 Å². The number of nitrogens with zero attached hydrogens (tertiary/aromatic N) is 1. The first-order valence-corrected chi connectivity index (χ1v) is 11.4. The molecule has 0 fully saturated rings. The van der Waals surface area contributed by atoms with E-state index in [1.165, 1.54) is 4.31 Å². The zero-order valence-electron chi connectivity index (χ0n) is 17.9. The summed E-state index contributed by atoms with van der Waals surface area (Å²) in [4.78, 5) is 13.0. The predicted molar refractivity (Wildman–Crippen MR) is 117 cm³/mol. The van der Waals surface area contributed by atoms with Crippen LogP contribution in [0.3, 0.4) is 0 Å². The number of nitrogens with one attached hydrogen (secondary N) is 1. The van der Waals surface area contributed by atoms with Gasteiger partial charge in [-0.15, -0.1) is 0 Å². The molecule has 29 heavy (non-hydrogen) atoms. The number of benzene rings is 2. The van der Waals surface area contributed by atoms with E-state index in [9.17, 15) is 13.2 Å². The van der Waals surface area contributed by atoms with Crippen molar-refractivity contribution < 1.29 is 17.9 Å². The van der Waals surface area contributed by atoms with Gasteiger partial charge < -0.3 is 10.1 Å². The molecule has 0 spiro atoms. The third-order valence-corrected chi connectivity index (χ3v) is 6.13. The molecule has 0 bridgehead atoms. The molecular weight excluding hydrogens is 388 g/mol. The Kier molecular flexibility index (Phi) is 7.30. The quantitative estimate of drug-likeness (QED) is 0.709. The van der Waals surface area contributed by atoms with Crippen LogP contribution in [0.25, 0.3) is 0 Å². The second-order valence-electron chi connectivity index (χ2n) is 7.27. The fourth-order valence-electron chi connectivity index (χ4n) is 3.41. The van der Waals surface area contributed by atoms with Crippen molar-refractivity contribution in [3.63, 3.8) is 0 Å². The number of anilines is 1. The van der Waals surface area contributed by atoms with E-state index < -0.39 is 16.1 Å². The fraction of sp³-hybridized carbons (Fsp3) is 0.409. The number of methoxy groups -OCH3 is 1. The summed E-state index contributed by atoms with van der Waals surface area (Å²) >= 11 is 0. The van der Waals surface area contributed by atoms with E-state index >= 15 is 0 Å². The normalized spacial score (nSPS) is 13.4. The monoisotopic (exact) mass is 418 g/mol. The van der Waals surface area contributed by atoms with Crippen molar-refractivity contribution >= 4 is 21.6 Å². The van der Waals surface area contributed by atoms with Gasteiger partial charge >= 0.3 is 0 Å². The van der Waals surface area contributed by atoms with Crippen LogP contribution in [-0.2, 0) is 14.8 Å². The molecule has 1 N–H and O–H groups in total. The van der Waals surface area contributed by atoms with Crippen molar-refractivity contribution in [2.24, 2.45) is 0 Å². The standard InChI is InChI=1S/C22H30N2O4S/c1-7-20(18-11-12-21(28-5)16(3)14-18)23-22(25)17(4)24(29(6,26)27)19-10-8-9-15(2)13-19/h8-14,17,20H,7H2,1-6H3,(H,23,25)/t17-,20-/m1/s1. The molecule has 0 saturated carbocycles. The number of carbonyl (C=O) groups excluding carboxylic acids is 1. The molecular formula is C22H30N2O4S. The molecule has 0 unspecified atom stereocenters. The van der Waals surface area contributed by atoms with Crippen LogP contribution in [0.15, 0.2) is 42.5 Å². The van der Waals surface area contributed by atoms with Crippen molar-refractivity contribution in [1.82, 2.24) is 5.32 Å². The topological polar surface area (TPSA) is 75.7 Å². The van der Waals surface area contributed by atoms with Gasteiger partial charge in [-0.1, -0.05) is 31.2 Å². The van der Waals surface area contributed by atoms with Crippen LogP contribution in [0.1, 0.15) is 43.0 Å². The summed E-state index contributed by atoms with van der Waals surface area (Å²) in [6, 6.07) is 11.8. The number of sulfonamides is 1. The van der Waals surface area contributed by atoms with Crippen LogP contribution in [-0.4, -0.2) is 33.7 Å². The molecule has 0 radical (unpaired) electrons. The maximum absolute atomic E-state index is 13.0. The smallest absolute Gasteiger partial charge is 0.244 e. The van der Waals surface area contributed by atoms with Gasteiger partial charge in [-0.2, -0.15) is 0 Å². The molecule has 0 heterocycles. The average molecular weight is 419 g/mol. The Bertz CT molecular complexity index is 973. The minimum atomic E-state index is -3.65. The number of rotatable bonds is 8. The summed E-state index contributed by atoms with van der Waals surface area (Å²) in [5.41, 5.74) is 3.32. The lowest BCUT2D eigenvalue weighted by Gasteiger charge is -2.30. The van der Waals surface area contributed by atoms with Crippen LogP contribution in [0, 0.1) is 13.8 Å². The Morgan fingerprint density at radius 3 is 2.38 bits per heavy atom. The highest BCUT2D eigenvalue weighted by atomic mass is 32.2. The van der Waals surface area contributed by atoms with E-state index in [1.54, 1.807) is 32.2 Å². The van der Waals surface area contributed by atoms with Gasteiger partial charge in [0.15, 0.2) is 0 Å². The van der Waals surface area contributed by atoms with E-state index in [0.717, 1.165) is 28.7 Å². The molecule has 2 aromatic carbocycles. The van der Waals surface area contributed by atoms with Crippen molar-refractivity contribution in [2.75, 3.05) is 17.7 Å². The molecule has 2 aromatic rings. The first-order chi connectivity index (χ1) is 13.6. The zero-order valence-corrected chi connectivity index (χ0v) is 18.7. The van der Waals surface area contributed by atoms with Gasteiger partial charge in [0.25, 0.3) is 0 Å². The third-order valence-electron chi connectivity index (χ3n) is 4.89.